The Morgan fingerprint density at radius 1 is 1.25 bits per heavy atom. The van der Waals surface area contributed by atoms with Gasteiger partial charge in [-0.15, -0.1) is 0 Å². The van der Waals surface area contributed by atoms with Gasteiger partial charge < -0.3 is 15.7 Å². The van der Waals surface area contributed by atoms with Gasteiger partial charge in [0.05, 0.1) is 0 Å². The lowest BCUT2D eigenvalue weighted by molar-refractivity contribution is -0.121. The van der Waals surface area contributed by atoms with E-state index in [-0.39, 0.29) is 5.78 Å². The highest BCUT2D eigenvalue weighted by molar-refractivity contribution is 5.87. The summed E-state index contributed by atoms with van der Waals surface area (Å²) in [5, 5.41) is 14.7. The van der Waals surface area contributed by atoms with E-state index in [0.717, 1.165) is 31.5 Å². The summed E-state index contributed by atoms with van der Waals surface area (Å²) < 4.78 is 0. The number of carboxylic acid groups (broad SMARTS) is 1. The number of carbonyl (C=O) groups excluding carboxylic acids is 1. The van der Waals surface area contributed by atoms with Crippen molar-refractivity contribution in [1.29, 1.82) is 0 Å². The molecule has 1 fully saturated rings. The van der Waals surface area contributed by atoms with Gasteiger partial charge in [-0.1, -0.05) is 30.3 Å². The first kappa shape index (κ1) is 14.5. The summed E-state index contributed by atoms with van der Waals surface area (Å²) in [6.45, 7) is 3.01. The fraction of sp³-hybridized carbons (Fsp3) is 0.467. The summed E-state index contributed by atoms with van der Waals surface area (Å²) in [5.74, 6) is -0.141. The second-order valence-corrected chi connectivity index (χ2v) is 5.27. The lowest BCUT2D eigenvalue weighted by atomic mass is 9.67. The molecule has 1 atom stereocenters. The number of nitrogens with one attached hydrogen (secondary N) is 2. The number of rotatable bonds is 4. The van der Waals surface area contributed by atoms with Gasteiger partial charge in [-0.05, 0) is 38.4 Å². The molecule has 5 heteroatoms. The summed E-state index contributed by atoms with van der Waals surface area (Å²) >= 11 is 0. The standard InChI is InChI=1S/C15H20N2O3/c1-11(18)13(17-14(19)20)15(7-9-16-10-8-15)12-5-3-2-4-6-12/h2-6,13,16-17H,7-10H2,1H3,(H,19,20). The smallest absolute Gasteiger partial charge is 0.405 e. The summed E-state index contributed by atoms with van der Waals surface area (Å²) in [4.78, 5) is 23.1. The van der Waals surface area contributed by atoms with Gasteiger partial charge in [0.2, 0.25) is 0 Å². The number of piperidine rings is 1. The Hall–Kier alpha value is -1.88. The Bertz CT molecular complexity index is 481. The van der Waals surface area contributed by atoms with Crippen LogP contribution in [0.2, 0.25) is 0 Å². The minimum Gasteiger partial charge on any atom is -0.465 e. The second kappa shape index (κ2) is 6.05. The molecule has 1 aliphatic heterocycles. The van der Waals surface area contributed by atoms with Crippen molar-refractivity contribution in [3.63, 3.8) is 0 Å². The first-order valence-electron chi connectivity index (χ1n) is 6.82. The zero-order chi connectivity index (χ0) is 14.6. The van der Waals surface area contributed by atoms with Gasteiger partial charge in [-0.3, -0.25) is 4.79 Å². The molecule has 0 spiro atoms. The highest BCUT2D eigenvalue weighted by atomic mass is 16.4. The molecule has 0 aromatic heterocycles. The summed E-state index contributed by atoms with van der Waals surface area (Å²) in [6.07, 6.45) is 0.322. The minimum atomic E-state index is -1.15. The summed E-state index contributed by atoms with van der Waals surface area (Å²) in [6, 6.07) is 9.03. The maximum Gasteiger partial charge on any atom is 0.405 e. The number of carbonyl (C=O) groups is 2. The fourth-order valence-electron chi connectivity index (χ4n) is 3.14. The quantitative estimate of drug-likeness (QED) is 0.779. The molecule has 1 aromatic rings. The second-order valence-electron chi connectivity index (χ2n) is 5.27. The number of ketones is 1. The molecule has 1 amide bonds. The molecule has 1 aromatic carbocycles. The molecule has 0 saturated carbocycles. The van der Waals surface area contributed by atoms with Crippen molar-refractivity contribution < 1.29 is 14.7 Å². The van der Waals surface area contributed by atoms with Crippen molar-refractivity contribution in [2.24, 2.45) is 0 Å². The maximum atomic E-state index is 12.0. The molecule has 0 bridgehead atoms. The third-order valence-electron chi connectivity index (χ3n) is 4.07. The number of benzene rings is 1. The predicted octanol–water partition coefficient (Wildman–Crippen LogP) is 1.53. The third-order valence-corrected chi connectivity index (χ3v) is 4.07. The van der Waals surface area contributed by atoms with Crippen LogP contribution in [0.15, 0.2) is 30.3 Å². The molecule has 20 heavy (non-hydrogen) atoms. The van der Waals surface area contributed by atoms with Crippen molar-refractivity contribution in [3.05, 3.63) is 35.9 Å². The summed E-state index contributed by atoms with van der Waals surface area (Å²) in [5.41, 5.74) is 0.562. The third kappa shape index (κ3) is 2.82. The van der Waals surface area contributed by atoms with E-state index >= 15 is 0 Å². The van der Waals surface area contributed by atoms with Gasteiger partial charge in [-0.25, -0.2) is 4.79 Å². The molecule has 1 saturated heterocycles. The van der Waals surface area contributed by atoms with Crippen molar-refractivity contribution >= 4 is 11.9 Å². The van der Waals surface area contributed by atoms with E-state index in [0.29, 0.717) is 0 Å². The highest BCUT2D eigenvalue weighted by Gasteiger charge is 2.44. The SMILES string of the molecule is CC(=O)C(NC(=O)O)C1(c2ccccc2)CCNCC1. The zero-order valence-electron chi connectivity index (χ0n) is 11.6. The van der Waals surface area contributed by atoms with Gasteiger partial charge in [-0.2, -0.15) is 0 Å². The monoisotopic (exact) mass is 276 g/mol. The van der Waals surface area contributed by atoms with E-state index < -0.39 is 17.6 Å². The van der Waals surface area contributed by atoms with E-state index in [1.165, 1.54) is 6.92 Å². The van der Waals surface area contributed by atoms with Crippen LogP contribution in [-0.2, 0) is 10.2 Å². The number of amides is 1. The molecule has 108 valence electrons. The average molecular weight is 276 g/mol. The van der Waals surface area contributed by atoms with E-state index in [1.54, 1.807) is 0 Å². The topological polar surface area (TPSA) is 78.4 Å². The van der Waals surface area contributed by atoms with Gasteiger partial charge in [0, 0.05) is 5.41 Å². The van der Waals surface area contributed by atoms with Crippen molar-refractivity contribution in [3.8, 4) is 0 Å². The Labute approximate surface area is 118 Å². The number of Topliss-reactive ketones (excluding diaryl/α,β-unsaturated/α-hetero) is 1. The van der Waals surface area contributed by atoms with Gasteiger partial charge in [0.25, 0.3) is 0 Å². The van der Waals surface area contributed by atoms with Crippen LogP contribution >= 0.6 is 0 Å². The Morgan fingerprint density at radius 3 is 2.35 bits per heavy atom. The Kier molecular flexibility index (Phi) is 4.39. The highest BCUT2D eigenvalue weighted by Crippen LogP contribution is 2.37. The van der Waals surface area contributed by atoms with Crippen LogP contribution in [0.4, 0.5) is 4.79 Å². The first-order chi connectivity index (χ1) is 9.56. The number of hydrogen-bond acceptors (Lipinski definition) is 3. The van der Waals surface area contributed by atoms with Crippen LogP contribution in [0, 0.1) is 0 Å². The van der Waals surface area contributed by atoms with E-state index in [2.05, 4.69) is 10.6 Å². The van der Waals surface area contributed by atoms with Crippen LogP contribution in [0.1, 0.15) is 25.3 Å². The van der Waals surface area contributed by atoms with Crippen LogP contribution < -0.4 is 10.6 Å². The van der Waals surface area contributed by atoms with Crippen molar-refractivity contribution in [2.75, 3.05) is 13.1 Å². The molecule has 1 unspecified atom stereocenters. The van der Waals surface area contributed by atoms with Crippen LogP contribution in [0.5, 0.6) is 0 Å². The molecule has 0 radical (unpaired) electrons. The Morgan fingerprint density at radius 2 is 1.85 bits per heavy atom. The normalized spacial score (nSPS) is 19.1. The zero-order valence-corrected chi connectivity index (χ0v) is 11.6. The van der Waals surface area contributed by atoms with Crippen LogP contribution in [0.3, 0.4) is 0 Å². The van der Waals surface area contributed by atoms with Crippen LogP contribution in [-0.4, -0.2) is 36.1 Å². The lowest BCUT2D eigenvalue weighted by Crippen LogP contribution is -2.57. The fourth-order valence-corrected chi connectivity index (χ4v) is 3.14. The molecular formula is C15H20N2O3. The van der Waals surface area contributed by atoms with Crippen LogP contribution in [0.25, 0.3) is 0 Å². The van der Waals surface area contributed by atoms with Gasteiger partial charge in [0.1, 0.15) is 6.04 Å². The van der Waals surface area contributed by atoms with Gasteiger partial charge >= 0.3 is 6.09 Å². The molecule has 3 N–H and O–H groups in total. The maximum absolute atomic E-state index is 12.0. The van der Waals surface area contributed by atoms with E-state index in [1.807, 2.05) is 30.3 Å². The predicted molar refractivity (Wildman–Crippen MR) is 75.9 cm³/mol. The van der Waals surface area contributed by atoms with E-state index in [9.17, 15) is 9.59 Å². The minimum absolute atomic E-state index is 0.141. The number of hydrogen-bond donors (Lipinski definition) is 3. The van der Waals surface area contributed by atoms with Crippen molar-refractivity contribution in [2.45, 2.75) is 31.2 Å². The first-order valence-corrected chi connectivity index (χ1v) is 6.82. The van der Waals surface area contributed by atoms with E-state index in [4.69, 9.17) is 5.11 Å². The molecular weight excluding hydrogens is 256 g/mol. The largest absolute Gasteiger partial charge is 0.465 e. The molecule has 1 aliphatic rings. The Balaban J connectivity index is 2.44. The molecule has 0 aliphatic carbocycles. The molecule has 2 rings (SSSR count). The van der Waals surface area contributed by atoms with Crippen molar-refractivity contribution in [1.82, 2.24) is 10.6 Å². The average Bonchev–Trinajstić information content (AvgIpc) is 2.46. The molecule has 5 nitrogen and oxygen atoms in total. The summed E-state index contributed by atoms with van der Waals surface area (Å²) in [7, 11) is 0. The molecule has 1 heterocycles. The lowest BCUT2D eigenvalue weighted by Gasteiger charge is -2.43. The van der Waals surface area contributed by atoms with Gasteiger partial charge in [0.15, 0.2) is 5.78 Å².